The van der Waals surface area contributed by atoms with Crippen LogP contribution in [-0.4, -0.2) is 43.3 Å². The highest BCUT2D eigenvalue weighted by molar-refractivity contribution is 5.85. The minimum Gasteiger partial charge on any atom is -0.445 e. The van der Waals surface area contributed by atoms with Crippen molar-refractivity contribution in [3.8, 4) is 0 Å². The third-order valence-corrected chi connectivity index (χ3v) is 3.38. The fourth-order valence-electron chi connectivity index (χ4n) is 2.16. The Morgan fingerprint density at radius 1 is 1.40 bits per heavy atom. The Morgan fingerprint density at radius 3 is 2.75 bits per heavy atom. The lowest BCUT2D eigenvalue weighted by Crippen LogP contribution is -2.53. The van der Waals surface area contributed by atoms with Gasteiger partial charge >= 0.3 is 6.09 Å². The van der Waals surface area contributed by atoms with E-state index in [4.69, 9.17) is 15.2 Å². The lowest BCUT2D eigenvalue weighted by Gasteiger charge is -2.35. The number of likely N-dealkylation sites (tertiary alicyclic amines) is 1. The zero-order valence-electron chi connectivity index (χ0n) is 11.5. The number of rotatable bonds is 3. The number of amides is 1. The number of ether oxygens (including phenoxy) is 2. The molecule has 1 aromatic carbocycles. The quantitative estimate of drug-likeness (QED) is 0.924. The summed E-state index contributed by atoms with van der Waals surface area (Å²) in [5.74, 6) is 0. The van der Waals surface area contributed by atoms with Gasteiger partial charge in [-0.3, -0.25) is 0 Å². The highest BCUT2D eigenvalue weighted by Crippen LogP contribution is 2.13. The third kappa shape index (κ3) is 4.37. The van der Waals surface area contributed by atoms with Gasteiger partial charge < -0.3 is 20.1 Å². The maximum atomic E-state index is 11.9. The Bertz CT molecular complexity index is 416. The first kappa shape index (κ1) is 16.8. The largest absolute Gasteiger partial charge is 0.445 e. The van der Waals surface area contributed by atoms with Gasteiger partial charge in [-0.2, -0.15) is 0 Å². The molecule has 0 saturated carbocycles. The molecule has 112 valence electrons. The van der Waals surface area contributed by atoms with Gasteiger partial charge in [0.05, 0.1) is 12.6 Å². The smallest absolute Gasteiger partial charge is 0.410 e. The number of nitrogens with two attached hydrogens (primary N) is 1. The molecule has 0 bridgehead atoms. The maximum absolute atomic E-state index is 11.9. The van der Waals surface area contributed by atoms with Gasteiger partial charge in [0, 0.05) is 19.7 Å². The minimum atomic E-state index is -0.308. The highest BCUT2D eigenvalue weighted by atomic mass is 35.5. The van der Waals surface area contributed by atoms with Crippen molar-refractivity contribution >= 4 is 18.5 Å². The van der Waals surface area contributed by atoms with E-state index in [0.717, 1.165) is 12.0 Å². The Kier molecular flexibility index (Phi) is 6.78. The van der Waals surface area contributed by atoms with Crippen LogP contribution in [0.25, 0.3) is 0 Å². The van der Waals surface area contributed by atoms with Crippen molar-refractivity contribution in [3.05, 3.63) is 35.9 Å². The van der Waals surface area contributed by atoms with E-state index in [2.05, 4.69) is 0 Å². The number of carbonyl (C=O) groups is 1. The van der Waals surface area contributed by atoms with Crippen LogP contribution in [0.2, 0.25) is 0 Å². The van der Waals surface area contributed by atoms with Crippen molar-refractivity contribution in [2.24, 2.45) is 5.73 Å². The van der Waals surface area contributed by atoms with E-state index in [1.54, 1.807) is 12.0 Å². The average Bonchev–Trinajstić information content (AvgIpc) is 2.46. The summed E-state index contributed by atoms with van der Waals surface area (Å²) in [7, 11) is 1.61. The first-order valence-electron chi connectivity index (χ1n) is 6.44. The lowest BCUT2D eigenvalue weighted by molar-refractivity contribution is 0.0107. The molecular formula is C14H21ClN2O3. The minimum absolute atomic E-state index is 0. The number of benzene rings is 1. The Labute approximate surface area is 125 Å². The molecule has 1 amide bonds. The van der Waals surface area contributed by atoms with Crippen LogP contribution in [0, 0.1) is 0 Å². The average molecular weight is 301 g/mol. The molecule has 1 aromatic rings. The summed E-state index contributed by atoms with van der Waals surface area (Å²) in [5, 5.41) is 0. The fraction of sp³-hybridized carbons (Fsp3) is 0.500. The molecule has 0 radical (unpaired) electrons. The summed E-state index contributed by atoms with van der Waals surface area (Å²) in [4.78, 5) is 13.6. The second kappa shape index (κ2) is 8.09. The van der Waals surface area contributed by atoms with E-state index < -0.39 is 0 Å². The van der Waals surface area contributed by atoms with Crippen molar-refractivity contribution in [3.63, 3.8) is 0 Å². The van der Waals surface area contributed by atoms with Crippen LogP contribution >= 0.6 is 12.4 Å². The van der Waals surface area contributed by atoms with Crippen molar-refractivity contribution < 1.29 is 14.3 Å². The maximum Gasteiger partial charge on any atom is 0.410 e. The number of hydrogen-bond donors (Lipinski definition) is 1. The second-order valence-electron chi connectivity index (χ2n) is 4.71. The predicted molar refractivity (Wildman–Crippen MR) is 78.8 cm³/mol. The van der Waals surface area contributed by atoms with E-state index in [-0.39, 0.29) is 30.6 Å². The molecule has 1 fully saturated rings. The number of methoxy groups -OCH3 is 1. The first-order chi connectivity index (χ1) is 9.20. The van der Waals surface area contributed by atoms with E-state index in [9.17, 15) is 4.79 Å². The molecule has 2 atom stereocenters. The first-order valence-corrected chi connectivity index (χ1v) is 6.44. The summed E-state index contributed by atoms with van der Waals surface area (Å²) in [5.41, 5.74) is 6.89. The molecule has 6 heteroatoms. The van der Waals surface area contributed by atoms with Crippen LogP contribution in [-0.2, 0) is 16.1 Å². The second-order valence-corrected chi connectivity index (χ2v) is 4.71. The summed E-state index contributed by atoms with van der Waals surface area (Å²) >= 11 is 0. The Hall–Kier alpha value is -1.30. The van der Waals surface area contributed by atoms with Crippen LogP contribution in [0.1, 0.15) is 12.0 Å². The standard InChI is InChI=1S/C14H20N2O3.ClH/c1-18-13-9-16(8-7-12(13)15)14(17)19-10-11-5-3-2-4-6-11;/h2-6,12-13H,7-10,15H2,1H3;1H/t12-,13-;/m1./s1. The Balaban J connectivity index is 0.00000200. The lowest BCUT2D eigenvalue weighted by atomic mass is 10.0. The molecule has 0 aliphatic carbocycles. The van der Waals surface area contributed by atoms with E-state index in [1.807, 2.05) is 30.3 Å². The summed E-state index contributed by atoms with van der Waals surface area (Å²) < 4.78 is 10.6. The zero-order chi connectivity index (χ0) is 13.7. The molecule has 0 aromatic heterocycles. The van der Waals surface area contributed by atoms with Gasteiger partial charge in [0.1, 0.15) is 6.61 Å². The molecule has 20 heavy (non-hydrogen) atoms. The zero-order valence-corrected chi connectivity index (χ0v) is 12.3. The topological polar surface area (TPSA) is 64.8 Å². The van der Waals surface area contributed by atoms with Gasteiger partial charge in [0.25, 0.3) is 0 Å². The van der Waals surface area contributed by atoms with Gasteiger partial charge in [-0.1, -0.05) is 30.3 Å². The molecule has 1 saturated heterocycles. The Morgan fingerprint density at radius 2 is 2.10 bits per heavy atom. The van der Waals surface area contributed by atoms with E-state index in [0.29, 0.717) is 19.7 Å². The van der Waals surface area contributed by atoms with Crippen molar-refractivity contribution in [1.82, 2.24) is 4.90 Å². The molecule has 1 aliphatic rings. The van der Waals surface area contributed by atoms with E-state index in [1.165, 1.54) is 0 Å². The van der Waals surface area contributed by atoms with Gasteiger partial charge in [-0.15, -0.1) is 12.4 Å². The molecule has 2 rings (SSSR count). The number of hydrogen-bond acceptors (Lipinski definition) is 4. The fourth-order valence-corrected chi connectivity index (χ4v) is 2.16. The van der Waals surface area contributed by atoms with Crippen molar-refractivity contribution in [2.45, 2.75) is 25.2 Å². The van der Waals surface area contributed by atoms with Crippen LogP contribution in [0.5, 0.6) is 0 Å². The van der Waals surface area contributed by atoms with Crippen LogP contribution in [0.15, 0.2) is 30.3 Å². The van der Waals surface area contributed by atoms with Crippen LogP contribution in [0.4, 0.5) is 4.79 Å². The molecule has 0 unspecified atom stereocenters. The normalized spacial score (nSPS) is 22.0. The summed E-state index contributed by atoms with van der Waals surface area (Å²) in [6, 6.07) is 9.62. The molecule has 1 heterocycles. The highest BCUT2D eigenvalue weighted by Gasteiger charge is 2.29. The number of nitrogens with zero attached hydrogens (tertiary/aromatic N) is 1. The molecule has 0 spiro atoms. The monoisotopic (exact) mass is 300 g/mol. The van der Waals surface area contributed by atoms with E-state index >= 15 is 0 Å². The SMILES string of the molecule is CO[C@@H]1CN(C(=O)OCc2ccccc2)CC[C@H]1N.Cl. The van der Waals surface area contributed by atoms with Crippen molar-refractivity contribution in [2.75, 3.05) is 20.2 Å². The van der Waals surface area contributed by atoms with Gasteiger partial charge in [0.15, 0.2) is 0 Å². The summed E-state index contributed by atoms with van der Waals surface area (Å²) in [6.45, 7) is 1.40. The molecule has 1 aliphatic heterocycles. The molecule has 2 N–H and O–H groups in total. The number of piperidine rings is 1. The molecule has 5 nitrogen and oxygen atoms in total. The predicted octanol–water partition coefficient (Wildman–Crippen LogP) is 1.79. The number of halogens is 1. The molecular weight excluding hydrogens is 280 g/mol. The van der Waals surface area contributed by atoms with Crippen LogP contribution < -0.4 is 5.73 Å². The third-order valence-electron chi connectivity index (χ3n) is 3.38. The number of carbonyl (C=O) groups excluding carboxylic acids is 1. The van der Waals surface area contributed by atoms with Crippen molar-refractivity contribution in [1.29, 1.82) is 0 Å². The van der Waals surface area contributed by atoms with Crippen LogP contribution in [0.3, 0.4) is 0 Å². The van der Waals surface area contributed by atoms with Gasteiger partial charge in [-0.05, 0) is 12.0 Å². The van der Waals surface area contributed by atoms with Gasteiger partial charge in [-0.25, -0.2) is 4.79 Å². The summed E-state index contributed by atoms with van der Waals surface area (Å²) in [6.07, 6.45) is 0.315. The van der Waals surface area contributed by atoms with Gasteiger partial charge in [0.2, 0.25) is 0 Å².